The standard InChI is InChI=1S/C5H2ClN3O/c6-4-3-5(8-1-7-4)10-2-9-3/h1-2H. The van der Waals surface area contributed by atoms with Gasteiger partial charge in [-0.2, -0.15) is 4.98 Å². The van der Waals surface area contributed by atoms with Crippen LogP contribution in [0.15, 0.2) is 17.1 Å². The van der Waals surface area contributed by atoms with Gasteiger partial charge in [-0.15, -0.1) is 0 Å². The number of halogens is 1. The van der Waals surface area contributed by atoms with Gasteiger partial charge in [-0.3, -0.25) is 0 Å². The summed E-state index contributed by atoms with van der Waals surface area (Å²) in [7, 11) is 0. The zero-order valence-corrected chi connectivity index (χ0v) is 5.54. The smallest absolute Gasteiger partial charge is 0.251 e. The van der Waals surface area contributed by atoms with E-state index >= 15 is 0 Å². The first kappa shape index (κ1) is 5.61. The Morgan fingerprint density at radius 2 is 2.20 bits per heavy atom. The van der Waals surface area contributed by atoms with Gasteiger partial charge in [0.25, 0.3) is 5.71 Å². The van der Waals surface area contributed by atoms with Crippen molar-refractivity contribution in [2.45, 2.75) is 0 Å². The second-order valence-corrected chi connectivity index (χ2v) is 2.03. The van der Waals surface area contributed by atoms with Gasteiger partial charge in [0, 0.05) is 0 Å². The first-order chi connectivity index (χ1) is 4.88. The molecule has 0 saturated heterocycles. The van der Waals surface area contributed by atoms with Crippen molar-refractivity contribution in [1.82, 2.24) is 15.0 Å². The van der Waals surface area contributed by atoms with E-state index in [1.54, 1.807) is 0 Å². The number of hydrogen-bond acceptors (Lipinski definition) is 4. The number of hydrogen-bond donors (Lipinski definition) is 0. The molecule has 0 aromatic carbocycles. The van der Waals surface area contributed by atoms with Crippen LogP contribution < -0.4 is 0 Å². The maximum atomic E-state index is 5.62. The lowest BCUT2D eigenvalue weighted by atomic mass is 10.6. The van der Waals surface area contributed by atoms with Crippen molar-refractivity contribution in [2.24, 2.45) is 0 Å². The monoisotopic (exact) mass is 155 g/mol. The molecule has 0 atom stereocenters. The molecule has 0 bridgehead atoms. The summed E-state index contributed by atoms with van der Waals surface area (Å²) in [6, 6.07) is 0. The van der Waals surface area contributed by atoms with Crippen molar-refractivity contribution in [2.75, 3.05) is 0 Å². The van der Waals surface area contributed by atoms with Crippen molar-refractivity contribution in [3.05, 3.63) is 17.9 Å². The van der Waals surface area contributed by atoms with E-state index in [0.717, 1.165) is 0 Å². The van der Waals surface area contributed by atoms with Crippen molar-refractivity contribution in [3.63, 3.8) is 0 Å². The molecule has 0 saturated carbocycles. The predicted molar refractivity (Wildman–Crippen MR) is 34.6 cm³/mol. The Bertz CT molecular complexity index is 358. The van der Waals surface area contributed by atoms with Crippen LogP contribution in [0.3, 0.4) is 0 Å². The highest BCUT2D eigenvalue weighted by Gasteiger charge is 2.03. The lowest BCUT2D eigenvalue weighted by Gasteiger charge is -1.84. The molecule has 0 aliphatic rings. The third kappa shape index (κ3) is 0.657. The molecule has 0 fully saturated rings. The van der Waals surface area contributed by atoms with E-state index in [1.807, 2.05) is 0 Å². The summed E-state index contributed by atoms with van der Waals surface area (Å²) in [5.74, 6) is 0. The van der Waals surface area contributed by atoms with Crippen LogP contribution in [0.25, 0.3) is 11.2 Å². The van der Waals surface area contributed by atoms with Crippen LogP contribution in [0.5, 0.6) is 0 Å². The van der Waals surface area contributed by atoms with Crippen LogP contribution in [-0.4, -0.2) is 15.0 Å². The van der Waals surface area contributed by atoms with E-state index < -0.39 is 0 Å². The quantitative estimate of drug-likeness (QED) is 0.538. The Morgan fingerprint density at radius 1 is 1.30 bits per heavy atom. The molecule has 2 heterocycles. The Kier molecular flexibility index (Phi) is 1.07. The molecule has 0 aliphatic heterocycles. The van der Waals surface area contributed by atoms with Crippen LogP contribution in [0.4, 0.5) is 0 Å². The summed E-state index contributed by atoms with van der Waals surface area (Å²) in [5, 5.41) is 0.318. The molecule has 10 heavy (non-hydrogen) atoms. The molecule has 5 heteroatoms. The van der Waals surface area contributed by atoms with Gasteiger partial charge in [0.1, 0.15) is 6.33 Å². The third-order valence-electron chi connectivity index (χ3n) is 1.09. The lowest BCUT2D eigenvalue weighted by molar-refractivity contribution is 0.590. The van der Waals surface area contributed by atoms with Crippen LogP contribution in [0, 0.1) is 0 Å². The van der Waals surface area contributed by atoms with Crippen molar-refractivity contribution in [3.8, 4) is 0 Å². The average molecular weight is 156 g/mol. The molecule has 2 rings (SSSR count). The average Bonchev–Trinajstić information content (AvgIpc) is 2.36. The molecule has 2 aromatic heterocycles. The van der Waals surface area contributed by atoms with Crippen LogP contribution in [0.2, 0.25) is 5.15 Å². The van der Waals surface area contributed by atoms with Gasteiger partial charge in [0.15, 0.2) is 17.1 Å². The number of oxazole rings is 1. The van der Waals surface area contributed by atoms with E-state index in [1.165, 1.54) is 12.7 Å². The van der Waals surface area contributed by atoms with Gasteiger partial charge in [0.05, 0.1) is 0 Å². The fourth-order valence-electron chi connectivity index (χ4n) is 0.666. The van der Waals surface area contributed by atoms with E-state index in [-0.39, 0.29) is 0 Å². The molecule has 0 unspecified atom stereocenters. The SMILES string of the molecule is Clc1ncnc2ocnc12. The molecule has 0 spiro atoms. The second kappa shape index (κ2) is 1.91. The lowest BCUT2D eigenvalue weighted by Crippen LogP contribution is -1.79. The summed E-state index contributed by atoms with van der Waals surface area (Å²) in [4.78, 5) is 11.3. The molecule has 4 nitrogen and oxygen atoms in total. The van der Waals surface area contributed by atoms with Gasteiger partial charge in [-0.25, -0.2) is 9.97 Å². The molecule has 0 amide bonds. The molecule has 0 N–H and O–H groups in total. The van der Waals surface area contributed by atoms with Crippen LogP contribution in [-0.2, 0) is 0 Å². The summed E-state index contributed by atoms with van der Waals surface area (Å²) >= 11 is 5.62. The highest BCUT2D eigenvalue weighted by atomic mass is 35.5. The van der Waals surface area contributed by atoms with Crippen molar-refractivity contribution < 1.29 is 4.42 Å². The third-order valence-corrected chi connectivity index (χ3v) is 1.37. The molecular formula is C5H2ClN3O. The van der Waals surface area contributed by atoms with Crippen molar-refractivity contribution in [1.29, 1.82) is 0 Å². The molecule has 50 valence electrons. The minimum Gasteiger partial charge on any atom is -0.425 e. The normalized spacial score (nSPS) is 10.5. The maximum Gasteiger partial charge on any atom is 0.251 e. The van der Waals surface area contributed by atoms with Crippen LogP contribution in [0.1, 0.15) is 0 Å². The fraction of sp³-hybridized carbons (Fsp3) is 0. The van der Waals surface area contributed by atoms with E-state index in [9.17, 15) is 0 Å². The molecule has 2 aromatic rings. The Hall–Kier alpha value is -1.16. The van der Waals surface area contributed by atoms with Crippen LogP contribution >= 0.6 is 11.6 Å². The molecule has 0 radical (unpaired) electrons. The zero-order chi connectivity index (χ0) is 6.97. The summed E-state index contributed by atoms with van der Waals surface area (Å²) in [6.07, 6.45) is 2.61. The summed E-state index contributed by atoms with van der Waals surface area (Å²) in [6.45, 7) is 0. The number of rotatable bonds is 0. The second-order valence-electron chi connectivity index (χ2n) is 1.67. The Balaban J connectivity index is 2.95. The molecular weight excluding hydrogens is 154 g/mol. The summed E-state index contributed by atoms with van der Waals surface area (Å²) < 4.78 is 4.85. The Morgan fingerprint density at radius 3 is 3.00 bits per heavy atom. The topological polar surface area (TPSA) is 51.8 Å². The predicted octanol–water partition coefficient (Wildman–Crippen LogP) is 1.27. The first-order valence-electron chi connectivity index (χ1n) is 2.57. The number of fused-ring (bicyclic) bond motifs is 1. The van der Waals surface area contributed by atoms with Crippen molar-refractivity contribution >= 4 is 22.8 Å². The largest absolute Gasteiger partial charge is 0.425 e. The van der Waals surface area contributed by atoms with Gasteiger partial charge in [-0.1, -0.05) is 11.6 Å². The Labute approximate surface area is 60.9 Å². The van der Waals surface area contributed by atoms with Gasteiger partial charge in [-0.05, 0) is 0 Å². The van der Waals surface area contributed by atoms with E-state index in [2.05, 4.69) is 15.0 Å². The van der Waals surface area contributed by atoms with Gasteiger partial charge < -0.3 is 4.42 Å². The van der Waals surface area contributed by atoms with E-state index in [0.29, 0.717) is 16.4 Å². The molecule has 0 aliphatic carbocycles. The fourth-order valence-corrected chi connectivity index (χ4v) is 0.839. The highest BCUT2D eigenvalue weighted by Crippen LogP contribution is 2.15. The van der Waals surface area contributed by atoms with E-state index in [4.69, 9.17) is 16.0 Å². The first-order valence-corrected chi connectivity index (χ1v) is 2.95. The maximum absolute atomic E-state index is 5.62. The number of nitrogens with zero attached hydrogens (tertiary/aromatic N) is 3. The van der Waals surface area contributed by atoms with Gasteiger partial charge >= 0.3 is 0 Å². The minimum atomic E-state index is 0.318. The minimum absolute atomic E-state index is 0.318. The van der Waals surface area contributed by atoms with Gasteiger partial charge in [0.2, 0.25) is 0 Å². The highest BCUT2D eigenvalue weighted by molar-refractivity contribution is 6.33. The number of aromatic nitrogens is 3. The zero-order valence-electron chi connectivity index (χ0n) is 4.78. The summed E-state index contributed by atoms with van der Waals surface area (Å²) in [5.41, 5.74) is 0.921.